The quantitative estimate of drug-likeness (QED) is 0.716. The highest BCUT2D eigenvalue weighted by molar-refractivity contribution is 5.84. The molecule has 6 heteroatoms. The van der Waals surface area contributed by atoms with Gasteiger partial charge in [0.05, 0.1) is 5.52 Å². The Morgan fingerprint density at radius 1 is 1.12 bits per heavy atom. The molecule has 6 nitrogen and oxygen atoms in total. The molecule has 0 bridgehead atoms. The highest BCUT2D eigenvalue weighted by Crippen LogP contribution is 2.37. The third-order valence-corrected chi connectivity index (χ3v) is 7.52. The molecule has 2 N–H and O–H groups in total. The number of rotatable bonds is 5. The van der Waals surface area contributed by atoms with Crippen molar-refractivity contribution in [2.24, 2.45) is 17.3 Å². The van der Waals surface area contributed by atoms with Crippen LogP contribution in [0.5, 0.6) is 0 Å². The van der Waals surface area contributed by atoms with Gasteiger partial charge in [0.1, 0.15) is 5.82 Å². The largest absolute Gasteiger partial charge is 0.356 e. The summed E-state index contributed by atoms with van der Waals surface area (Å²) in [4.78, 5) is 32.8. The smallest absolute Gasteiger partial charge is 0.224 e. The van der Waals surface area contributed by atoms with Gasteiger partial charge in [-0.15, -0.1) is 0 Å². The number of para-hydroxylation sites is 1. The van der Waals surface area contributed by atoms with Crippen molar-refractivity contribution in [2.45, 2.75) is 65.8 Å². The van der Waals surface area contributed by atoms with E-state index in [1.54, 1.807) is 0 Å². The van der Waals surface area contributed by atoms with Crippen molar-refractivity contribution in [3.63, 3.8) is 0 Å². The molecule has 2 heterocycles. The Morgan fingerprint density at radius 2 is 1.94 bits per heavy atom. The zero-order chi connectivity index (χ0) is 23.6. The maximum atomic E-state index is 13.3. The fraction of sp³-hybridized carbons (Fsp3) is 0.593. The standard InChI is InChI=1S/C27H38N4O2/c1-5-28-25(32)20-10-7-11-21(16-20)29-26(33)22-14-15-31(17-27(22,3)4)23-13-12-19-9-6-8-18(2)24(19)30-23/h6,8-9,12-13,20-22H,5,7,10-11,14-17H2,1-4H3,(H,28,32)(H,29,33)/t20?,21?,22-/m1/s1. The predicted molar refractivity (Wildman–Crippen MR) is 133 cm³/mol. The van der Waals surface area contributed by atoms with E-state index >= 15 is 0 Å². The van der Waals surface area contributed by atoms with E-state index < -0.39 is 0 Å². The van der Waals surface area contributed by atoms with Crippen molar-refractivity contribution in [3.8, 4) is 0 Å². The van der Waals surface area contributed by atoms with Crippen LogP contribution >= 0.6 is 0 Å². The monoisotopic (exact) mass is 450 g/mol. The van der Waals surface area contributed by atoms with Gasteiger partial charge in [0.15, 0.2) is 0 Å². The first kappa shape index (κ1) is 23.5. The highest BCUT2D eigenvalue weighted by Gasteiger charge is 2.41. The highest BCUT2D eigenvalue weighted by atomic mass is 16.2. The van der Waals surface area contributed by atoms with Gasteiger partial charge in [0.2, 0.25) is 11.8 Å². The number of anilines is 1. The molecule has 33 heavy (non-hydrogen) atoms. The second-order valence-corrected chi connectivity index (χ2v) is 10.5. The number of carbonyl (C=O) groups is 2. The van der Waals surface area contributed by atoms with E-state index in [-0.39, 0.29) is 35.1 Å². The van der Waals surface area contributed by atoms with Crippen molar-refractivity contribution in [1.82, 2.24) is 15.6 Å². The van der Waals surface area contributed by atoms with Crippen molar-refractivity contribution in [2.75, 3.05) is 24.5 Å². The lowest BCUT2D eigenvalue weighted by molar-refractivity contribution is -0.132. The summed E-state index contributed by atoms with van der Waals surface area (Å²) in [6.07, 6.45) is 4.42. The van der Waals surface area contributed by atoms with Gasteiger partial charge in [-0.3, -0.25) is 9.59 Å². The van der Waals surface area contributed by atoms with Crippen LogP contribution in [0.15, 0.2) is 30.3 Å². The summed E-state index contributed by atoms with van der Waals surface area (Å²) in [5.74, 6) is 1.23. The van der Waals surface area contributed by atoms with Gasteiger partial charge < -0.3 is 15.5 Å². The molecule has 1 aromatic carbocycles. The number of aromatic nitrogens is 1. The van der Waals surface area contributed by atoms with Gasteiger partial charge in [0, 0.05) is 42.9 Å². The SMILES string of the molecule is CCNC(=O)C1CCCC(NC(=O)[C@H]2CCN(c3ccc4cccc(C)c4n3)CC2(C)C)C1. The van der Waals surface area contributed by atoms with E-state index in [1.807, 2.05) is 6.92 Å². The number of fused-ring (bicyclic) bond motifs is 1. The molecule has 1 aliphatic carbocycles. The lowest BCUT2D eigenvalue weighted by Crippen LogP contribution is -2.53. The minimum Gasteiger partial charge on any atom is -0.356 e. The Hall–Kier alpha value is -2.63. The summed E-state index contributed by atoms with van der Waals surface area (Å²) < 4.78 is 0. The molecule has 178 valence electrons. The second-order valence-electron chi connectivity index (χ2n) is 10.5. The number of amides is 2. The average Bonchev–Trinajstić information content (AvgIpc) is 2.78. The minimum atomic E-state index is -0.168. The van der Waals surface area contributed by atoms with Crippen LogP contribution in [0.3, 0.4) is 0 Å². The first-order valence-corrected chi connectivity index (χ1v) is 12.5. The summed E-state index contributed by atoms with van der Waals surface area (Å²) in [6, 6.07) is 10.6. The molecule has 2 aromatic rings. The molecule has 2 unspecified atom stereocenters. The van der Waals surface area contributed by atoms with Gasteiger partial charge in [-0.1, -0.05) is 38.5 Å². The minimum absolute atomic E-state index is 0.0151. The van der Waals surface area contributed by atoms with E-state index in [2.05, 4.69) is 66.6 Å². The molecule has 2 aliphatic rings. The molecule has 4 rings (SSSR count). The van der Waals surface area contributed by atoms with Crippen LogP contribution in [0.25, 0.3) is 10.9 Å². The van der Waals surface area contributed by atoms with Crippen LogP contribution in [0.4, 0.5) is 5.82 Å². The lowest BCUT2D eigenvalue weighted by atomic mass is 9.73. The van der Waals surface area contributed by atoms with Crippen molar-refractivity contribution in [3.05, 3.63) is 35.9 Å². The Morgan fingerprint density at radius 3 is 2.70 bits per heavy atom. The van der Waals surface area contributed by atoms with Crippen LogP contribution in [-0.4, -0.2) is 42.5 Å². The van der Waals surface area contributed by atoms with E-state index in [9.17, 15) is 9.59 Å². The number of hydrogen-bond acceptors (Lipinski definition) is 4. The molecule has 1 aromatic heterocycles. The molecule has 0 spiro atoms. The molecular weight excluding hydrogens is 412 g/mol. The van der Waals surface area contributed by atoms with E-state index in [0.717, 1.165) is 61.9 Å². The predicted octanol–water partition coefficient (Wildman–Crippen LogP) is 4.21. The number of carbonyl (C=O) groups excluding carboxylic acids is 2. The number of aryl methyl sites for hydroxylation is 1. The van der Waals surface area contributed by atoms with Crippen molar-refractivity contribution < 1.29 is 9.59 Å². The summed E-state index contributed by atoms with van der Waals surface area (Å²) in [7, 11) is 0. The van der Waals surface area contributed by atoms with Crippen LogP contribution in [0.2, 0.25) is 0 Å². The molecule has 2 amide bonds. The van der Waals surface area contributed by atoms with Crippen molar-refractivity contribution in [1.29, 1.82) is 0 Å². The molecule has 1 saturated heterocycles. The molecule has 2 fully saturated rings. The topological polar surface area (TPSA) is 74.3 Å². The molecule has 3 atom stereocenters. The lowest BCUT2D eigenvalue weighted by Gasteiger charge is -2.44. The Bertz CT molecular complexity index is 1020. The van der Waals surface area contributed by atoms with Crippen LogP contribution in [0.1, 0.15) is 58.4 Å². The van der Waals surface area contributed by atoms with Gasteiger partial charge in [-0.2, -0.15) is 0 Å². The summed E-state index contributed by atoms with van der Waals surface area (Å²) in [5, 5.41) is 7.40. The van der Waals surface area contributed by atoms with Gasteiger partial charge >= 0.3 is 0 Å². The molecule has 0 radical (unpaired) electrons. The normalized spacial score (nSPS) is 25.0. The Balaban J connectivity index is 1.40. The van der Waals surface area contributed by atoms with Gasteiger partial charge in [-0.25, -0.2) is 4.98 Å². The second kappa shape index (κ2) is 9.70. The van der Waals surface area contributed by atoms with Gasteiger partial charge in [-0.05, 0) is 62.6 Å². The molecular formula is C27H38N4O2. The summed E-state index contributed by atoms with van der Waals surface area (Å²) in [5.41, 5.74) is 2.06. The number of benzene rings is 1. The first-order valence-electron chi connectivity index (χ1n) is 12.5. The molecule has 1 aliphatic heterocycles. The zero-order valence-electron chi connectivity index (χ0n) is 20.5. The third kappa shape index (κ3) is 5.15. The number of nitrogens with one attached hydrogen (secondary N) is 2. The van der Waals surface area contributed by atoms with Crippen LogP contribution in [-0.2, 0) is 9.59 Å². The first-order chi connectivity index (χ1) is 15.8. The fourth-order valence-corrected chi connectivity index (χ4v) is 5.68. The van der Waals surface area contributed by atoms with Gasteiger partial charge in [0.25, 0.3) is 0 Å². The number of pyridine rings is 1. The zero-order valence-corrected chi connectivity index (χ0v) is 20.5. The van der Waals surface area contributed by atoms with Crippen molar-refractivity contribution >= 4 is 28.5 Å². The van der Waals surface area contributed by atoms with Crippen LogP contribution in [0, 0.1) is 24.2 Å². The maximum absolute atomic E-state index is 13.3. The Labute approximate surface area is 197 Å². The Kier molecular flexibility index (Phi) is 6.91. The van der Waals surface area contributed by atoms with Crippen LogP contribution < -0.4 is 15.5 Å². The molecule has 1 saturated carbocycles. The fourth-order valence-electron chi connectivity index (χ4n) is 5.68. The van der Waals surface area contributed by atoms with E-state index in [0.29, 0.717) is 6.54 Å². The number of nitrogens with zero attached hydrogens (tertiary/aromatic N) is 2. The van der Waals surface area contributed by atoms with E-state index in [4.69, 9.17) is 4.98 Å². The third-order valence-electron chi connectivity index (χ3n) is 7.52. The average molecular weight is 451 g/mol. The number of hydrogen-bond donors (Lipinski definition) is 2. The summed E-state index contributed by atoms with van der Waals surface area (Å²) in [6.45, 7) is 10.7. The summed E-state index contributed by atoms with van der Waals surface area (Å²) >= 11 is 0. The van der Waals surface area contributed by atoms with E-state index in [1.165, 1.54) is 5.56 Å². The number of piperidine rings is 1. The maximum Gasteiger partial charge on any atom is 0.224 e.